The monoisotopic (exact) mass is 232 g/mol. The summed E-state index contributed by atoms with van der Waals surface area (Å²) in [5.74, 6) is 0. The summed E-state index contributed by atoms with van der Waals surface area (Å²) in [4.78, 5) is 18.2. The third-order valence-electron chi connectivity index (χ3n) is 2.13. The van der Waals surface area contributed by atoms with E-state index in [1.165, 1.54) is 0 Å². The van der Waals surface area contributed by atoms with Gasteiger partial charge in [0.1, 0.15) is 5.60 Å². The topological polar surface area (TPSA) is 62.2 Å². The predicted octanol–water partition coefficient (Wildman–Crippen LogP) is 0.420. The second kappa shape index (κ2) is 5.47. The summed E-state index contributed by atoms with van der Waals surface area (Å²) in [6.07, 6.45) is -0.295. The number of carbonyl (C=O) groups is 1. The molecule has 0 atom stereocenters. The summed E-state index contributed by atoms with van der Waals surface area (Å²) in [5, 5.41) is 10.2. The molecule has 0 saturated carbocycles. The van der Waals surface area contributed by atoms with Crippen molar-refractivity contribution >= 4 is 6.09 Å². The first kappa shape index (κ1) is 13.2. The number of aliphatic hydroxyl groups excluding tert-OH is 1. The third kappa shape index (κ3) is 4.34. The number of rotatable bonds is 2. The van der Waals surface area contributed by atoms with E-state index >= 15 is 0 Å². The smallest absolute Gasteiger partial charge is 0.410 e. The van der Waals surface area contributed by atoms with Crippen molar-refractivity contribution in [3.63, 3.8) is 0 Å². The van der Waals surface area contributed by atoms with Crippen LogP contribution in [0.4, 0.5) is 4.79 Å². The molecule has 1 aliphatic heterocycles. The Hall–Kier alpha value is -0.850. The van der Waals surface area contributed by atoms with Crippen LogP contribution in [0.2, 0.25) is 0 Å². The van der Waals surface area contributed by atoms with E-state index in [2.05, 4.69) is 0 Å². The van der Waals surface area contributed by atoms with Crippen LogP contribution >= 0.6 is 0 Å². The molecule has 0 unspecified atom stereocenters. The Bertz CT molecular complexity index is 231. The average Bonchev–Trinajstić information content (AvgIpc) is 2.16. The zero-order valence-electron chi connectivity index (χ0n) is 10.1. The average molecular weight is 232 g/mol. The molecule has 0 aromatic carbocycles. The van der Waals surface area contributed by atoms with Crippen molar-refractivity contribution in [2.45, 2.75) is 26.4 Å². The highest BCUT2D eigenvalue weighted by Gasteiger charge is 2.25. The maximum absolute atomic E-state index is 11.7. The molecule has 0 bridgehead atoms. The fourth-order valence-corrected chi connectivity index (χ4v) is 1.41. The Morgan fingerprint density at radius 1 is 1.25 bits per heavy atom. The maximum atomic E-state index is 11.7. The summed E-state index contributed by atoms with van der Waals surface area (Å²) in [7, 11) is 0. The van der Waals surface area contributed by atoms with Crippen LogP contribution in [0.5, 0.6) is 0 Å². The van der Waals surface area contributed by atoms with Crippen LogP contribution in [0, 0.1) is 0 Å². The molecule has 0 aromatic rings. The number of carbonyl (C=O) groups excluding carboxylic acids is 1. The lowest BCUT2D eigenvalue weighted by Crippen LogP contribution is -2.49. The van der Waals surface area contributed by atoms with Crippen LogP contribution < -0.4 is 0 Å². The highest BCUT2D eigenvalue weighted by atomic mass is 16.7. The Kier molecular flexibility index (Phi) is 4.52. The number of hydrogen-bond acceptors (Lipinski definition) is 5. The van der Waals surface area contributed by atoms with Crippen LogP contribution in [0.25, 0.3) is 0 Å². The van der Waals surface area contributed by atoms with Gasteiger partial charge in [-0.1, -0.05) is 0 Å². The third-order valence-corrected chi connectivity index (χ3v) is 2.13. The van der Waals surface area contributed by atoms with Gasteiger partial charge in [0, 0.05) is 26.2 Å². The molecule has 1 amide bonds. The molecule has 0 radical (unpaired) electrons. The Morgan fingerprint density at radius 2 is 1.81 bits per heavy atom. The van der Waals surface area contributed by atoms with Gasteiger partial charge >= 0.3 is 6.09 Å². The first-order chi connectivity index (χ1) is 7.42. The van der Waals surface area contributed by atoms with Crippen molar-refractivity contribution in [1.29, 1.82) is 0 Å². The van der Waals surface area contributed by atoms with E-state index in [4.69, 9.17) is 14.7 Å². The van der Waals surface area contributed by atoms with Crippen LogP contribution in [0.15, 0.2) is 0 Å². The molecular formula is C10H20N2O4. The number of amides is 1. The summed E-state index contributed by atoms with van der Waals surface area (Å²) in [6, 6.07) is 0. The number of ether oxygens (including phenoxy) is 1. The minimum atomic E-state index is -0.462. The van der Waals surface area contributed by atoms with Crippen LogP contribution in [-0.2, 0) is 9.57 Å². The van der Waals surface area contributed by atoms with E-state index in [1.54, 1.807) is 9.96 Å². The van der Waals surface area contributed by atoms with Crippen molar-refractivity contribution in [2.75, 3.05) is 33.0 Å². The zero-order valence-corrected chi connectivity index (χ0v) is 10.1. The number of hydroxylamine groups is 2. The lowest BCUT2D eigenvalue weighted by molar-refractivity contribution is -0.220. The number of hydrogen-bond donors (Lipinski definition) is 1. The van der Waals surface area contributed by atoms with Crippen molar-refractivity contribution in [1.82, 2.24) is 9.96 Å². The van der Waals surface area contributed by atoms with E-state index in [0.717, 1.165) is 0 Å². The summed E-state index contributed by atoms with van der Waals surface area (Å²) in [6.45, 7) is 7.47. The molecule has 0 spiro atoms. The van der Waals surface area contributed by atoms with Gasteiger partial charge < -0.3 is 14.7 Å². The SMILES string of the molecule is CC(C)(C)OC(=O)N1CCN(OCO)CC1. The Labute approximate surface area is 95.7 Å². The molecule has 1 N–H and O–H groups in total. The fourth-order valence-electron chi connectivity index (χ4n) is 1.41. The predicted molar refractivity (Wildman–Crippen MR) is 57.6 cm³/mol. The molecule has 1 aliphatic rings. The Morgan fingerprint density at radius 3 is 2.25 bits per heavy atom. The molecule has 1 saturated heterocycles. The Balaban J connectivity index is 2.33. The molecule has 16 heavy (non-hydrogen) atoms. The first-order valence-corrected chi connectivity index (χ1v) is 5.39. The van der Waals surface area contributed by atoms with Gasteiger partial charge in [-0.25, -0.2) is 4.79 Å². The lowest BCUT2D eigenvalue weighted by atomic mass is 10.2. The standard InChI is InChI=1S/C10H20N2O4/c1-10(2,3)16-9(14)11-4-6-12(7-5-11)15-8-13/h13H,4-8H2,1-3H3. The largest absolute Gasteiger partial charge is 0.444 e. The highest BCUT2D eigenvalue weighted by molar-refractivity contribution is 5.68. The van der Waals surface area contributed by atoms with E-state index in [-0.39, 0.29) is 12.9 Å². The van der Waals surface area contributed by atoms with E-state index < -0.39 is 5.60 Å². The van der Waals surface area contributed by atoms with Crippen LogP contribution in [-0.4, -0.2) is 59.7 Å². The number of aliphatic hydroxyl groups is 1. The lowest BCUT2D eigenvalue weighted by Gasteiger charge is -2.34. The second-order valence-electron chi connectivity index (χ2n) is 4.65. The van der Waals surface area contributed by atoms with Gasteiger partial charge in [0.2, 0.25) is 0 Å². The molecule has 0 aromatic heterocycles. The first-order valence-electron chi connectivity index (χ1n) is 5.39. The van der Waals surface area contributed by atoms with Gasteiger partial charge in [-0.2, -0.15) is 5.06 Å². The van der Waals surface area contributed by atoms with Gasteiger partial charge in [0.05, 0.1) is 0 Å². The van der Waals surface area contributed by atoms with E-state index in [9.17, 15) is 4.79 Å². The highest BCUT2D eigenvalue weighted by Crippen LogP contribution is 2.11. The molecule has 0 aliphatic carbocycles. The van der Waals surface area contributed by atoms with Crippen LogP contribution in [0.1, 0.15) is 20.8 Å². The molecule has 1 rings (SSSR count). The van der Waals surface area contributed by atoms with E-state index in [0.29, 0.717) is 26.2 Å². The minimum absolute atomic E-state index is 0.295. The quantitative estimate of drug-likeness (QED) is 0.699. The molecule has 1 fully saturated rings. The van der Waals surface area contributed by atoms with Gasteiger partial charge in [-0.15, -0.1) is 0 Å². The minimum Gasteiger partial charge on any atom is -0.444 e. The van der Waals surface area contributed by atoms with Gasteiger partial charge in [-0.05, 0) is 20.8 Å². The number of nitrogens with zero attached hydrogens (tertiary/aromatic N) is 2. The summed E-state index contributed by atoms with van der Waals surface area (Å²) in [5.41, 5.74) is -0.462. The molecule has 94 valence electrons. The van der Waals surface area contributed by atoms with Crippen molar-refractivity contribution in [3.8, 4) is 0 Å². The van der Waals surface area contributed by atoms with Crippen molar-refractivity contribution < 1.29 is 19.5 Å². The maximum Gasteiger partial charge on any atom is 0.410 e. The zero-order chi connectivity index (χ0) is 12.2. The molecule has 6 nitrogen and oxygen atoms in total. The second-order valence-corrected chi connectivity index (χ2v) is 4.65. The normalized spacial score (nSPS) is 18.6. The van der Waals surface area contributed by atoms with Gasteiger partial charge in [0.25, 0.3) is 0 Å². The number of piperazine rings is 1. The van der Waals surface area contributed by atoms with Crippen LogP contribution in [0.3, 0.4) is 0 Å². The van der Waals surface area contributed by atoms with E-state index in [1.807, 2.05) is 20.8 Å². The van der Waals surface area contributed by atoms with Gasteiger partial charge in [-0.3, -0.25) is 4.84 Å². The summed E-state index contributed by atoms with van der Waals surface area (Å²) >= 11 is 0. The van der Waals surface area contributed by atoms with Crippen molar-refractivity contribution in [3.05, 3.63) is 0 Å². The molecular weight excluding hydrogens is 212 g/mol. The van der Waals surface area contributed by atoms with Gasteiger partial charge in [0.15, 0.2) is 6.79 Å². The molecule has 6 heteroatoms. The molecule has 1 heterocycles. The van der Waals surface area contributed by atoms with Crippen molar-refractivity contribution in [2.24, 2.45) is 0 Å². The fraction of sp³-hybridized carbons (Fsp3) is 0.900. The summed E-state index contributed by atoms with van der Waals surface area (Å²) < 4.78 is 5.25.